The summed E-state index contributed by atoms with van der Waals surface area (Å²) in [5.41, 5.74) is -0.00941. The van der Waals surface area contributed by atoms with Crippen molar-refractivity contribution in [2.75, 3.05) is 0 Å². The van der Waals surface area contributed by atoms with Gasteiger partial charge in [0.05, 0.1) is 17.2 Å². The van der Waals surface area contributed by atoms with Gasteiger partial charge >= 0.3 is 0 Å². The summed E-state index contributed by atoms with van der Waals surface area (Å²) in [6.07, 6.45) is 0. The first-order valence-corrected chi connectivity index (χ1v) is 4.61. The molecule has 0 unspecified atom stereocenters. The van der Waals surface area contributed by atoms with Crippen LogP contribution in [0.25, 0.3) is 0 Å². The first-order chi connectivity index (χ1) is 6.06. The van der Waals surface area contributed by atoms with Gasteiger partial charge in [0.2, 0.25) is 0 Å². The van der Waals surface area contributed by atoms with Crippen LogP contribution in [0, 0.1) is 20.7 Å². The highest BCUT2D eigenvalue weighted by Crippen LogP contribution is 2.20. The van der Waals surface area contributed by atoms with Crippen LogP contribution in [0.15, 0.2) is 12.1 Å². The molecule has 1 rings (SSSR count). The highest BCUT2D eigenvalue weighted by atomic mass is 127. The molecule has 0 saturated heterocycles. The van der Waals surface area contributed by atoms with Crippen LogP contribution in [0.5, 0.6) is 0 Å². The zero-order valence-corrected chi connectivity index (χ0v) is 9.06. The SMILES string of the molecule is N#Cc1cc(F)c(C(=O)Cl)c(I)c1. The van der Waals surface area contributed by atoms with Gasteiger partial charge < -0.3 is 0 Å². The highest BCUT2D eigenvalue weighted by molar-refractivity contribution is 14.1. The Morgan fingerprint density at radius 2 is 2.23 bits per heavy atom. The zero-order chi connectivity index (χ0) is 10.0. The standard InChI is InChI=1S/C8H2ClFINO/c9-8(13)7-5(10)1-4(3-12)2-6(7)11/h1-2H. The van der Waals surface area contributed by atoms with Crippen molar-refractivity contribution in [1.29, 1.82) is 5.26 Å². The molecule has 0 heterocycles. The van der Waals surface area contributed by atoms with E-state index in [1.54, 1.807) is 28.7 Å². The van der Waals surface area contributed by atoms with Crippen LogP contribution in [0.2, 0.25) is 0 Å². The molecule has 0 bridgehead atoms. The molecule has 0 saturated carbocycles. The quantitative estimate of drug-likeness (QED) is 0.591. The summed E-state index contributed by atoms with van der Waals surface area (Å²) in [6.45, 7) is 0. The Labute approximate surface area is 92.4 Å². The van der Waals surface area contributed by atoms with Gasteiger partial charge in [-0.05, 0) is 46.3 Å². The van der Waals surface area contributed by atoms with Crippen molar-refractivity contribution in [3.8, 4) is 6.07 Å². The lowest BCUT2D eigenvalue weighted by molar-refractivity contribution is 0.107. The number of carbonyl (C=O) groups excluding carboxylic acids is 1. The summed E-state index contributed by atoms with van der Waals surface area (Å²) in [7, 11) is 0. The first kappa shape index (κ1) is 10.4. The largest absolute Gasteiger partial charge is 0.275 e. The Kier molecular flexibility index (Phi) is 3.22. The lowest BCUT2D eigenvalue weighted by Gasteiger charge is -2.00. The highest BCUT2D eigenvalue weighted by Gasteiger charge is 2.14. The van der Waals surface area contributed by atoms with Crippen molar-refractivity contribution in [1.82, 2.24) is 0 Å². The number of nitriles is 1. The predicted molar refractivity (Wildman–Crippen MR) is 54.0 cm³/mol. The number of nitrogens with zero attached hydrogens (tertiary/aromatic N) is 1. The molecule has 1 aromatic rings. The minimum absolute atomic E-state index is 0.170. The van der Waals surface area contributed by atoms with E-state index in [0.717, 1.165) is 6.07 Å². The van der Waals surface area contributed by atoms with Crippen LogP contribution < -0.4 is 0 Å². The van der Waals surface area contributed by atoms with Crippen molar-refractivity contribution in [3.63, 3.8) is 0 Å². The van der Waals surface area contributed by atoms with E-state index < -0.39 is 11.1 Å². The molecule has 0 aliphatic carbocycles. The van der Waals surface area contributed by atoms with Gasteiger partial charge in [0.1, 0.15) is 5.82 Å². The summed E-state index contributed by atoms with van der Waals surface area (Å²) < 4.78 is 13.4. The van der Waals surface area contributed by atoms with Gasteiger partial charge in [-0.15, -0.1) is 0 Å². The summed E-state index contributed by atoms with van der Waals surface area (Å²) in [5.74, 6) is -0.761. The van der Waals surface area contributed by atoms with Crippen molar-refractivity contribution in [3.05, 3.63) is 32.6 Å². The van der Waals surface area contributed by atoms with Crippen LogP contribution in [-0.2, 0) is 0 Å². The van der Waals surface area contributed by atoms with E-state index in [1.807, 2.05) is 0 Å². The van der Waals surface area contributed by atoms with Crippen LogP contribution >= 0.6 is 34.2 Å². The summed E-state index contributed by atoms with van der Waals surface area (Å²) in [6, 6.07) is 4.16. The molecule has 0 radical (unpaired) electrons. The minimum atomic E-state index is -0.855. The third kappa shape index (κ3) is 2.17. The summed E-state index contributed by atoms with van der Waals surface area (Å²) in [5, 5.41) is 7.62. The molecule has 0 aliphatic heterocycles. The Bertz CT molecular complexity index is 390. The number of rotatable bonds is 1. The monoisotopic (exact) mass is 309 g/mol. The molecule has 2 nitrogen and oxygen atoms in total. The number of halogens is 3. The summed E-state index contributed by atoms with van der Waals surface area (Å²) >= 11 is 6.90. The van der Waals surface area contributed by atoms with Gasteiger partial charge in [-0.2, -0.15) is 5.26 Å². The number of hydrogen-bond donors (Lipinski definition) is 0. The number of hydrogen-bond acceptors (Lipinski definition) is 2. The Balaban J connectivity index is 3.42. The fourth-order valence-corrected chi connectivity index (χ4v) is 2.02. The van der Waals surface area contributed by atoms with E-state index in [1.165, 1.54) is 6.07 Å². The fraction of sp³-hybridized carbons (Fsp3) is 0. The molecule has 0 aliphatic rings. The molecular weight excluding hydrogens is 307 g/mol. The molecule has 66 valence electrons. The smallest absolute Gasteiger partial charge is 0.256 e. The van der Waals surface area contributed by atoms with Crippen LogP contribution in [-0.4, -0.2) is 5.24 Å². The number of carbonyl (C=O) groups is 1. The second-order valence-electron chi connectivity index (χ2n) is 2.20. The van der Waals surface area contributed by atoms with Gasteiger partial charge in [0.25, 0.3) is 5.24 Å². The zero-order valence-electron chi connectivity index (χ0n) is 6.14. The maximum Gasteiger partial charge on any atom is 0.256 e. The van der Waals surface area contributed by atoms with E-state index in [9.17, 15) is 9.18 Å². The minimum Gasteiger partial charge on any atom is -0.275 e. The predicted octanol–water partition coefficient (Wildman–Crippen LogP) is 2.68. The van der Waals surface area contributed by atoms with Gasteiger partial charge in [-0.25, -0.2) is 4.39 Å². The Morgan fingerprint density at radius 1 is 1.62 bits per heavy atom. The first-order valence-electron chi connectivity index (χ1n) is 3.15. The topological polar surface area (TPSA) is 40.9 Å². The Hall–Kier alpha value is -0.670. The molecule has 0 amide bonds. The van der Waals surface area contributed by atoms with Crippen molar-refractivity contribution < 1.29 is 9.18 Å². The molecule has 0 atom stereocenters. The molecule has 13 heavy (non-hydrogen) atoms. The van der Waals surface area contributed by atoms with Gasteiger partial charge in [-0.3, -0.25) is 4.79 Å². The van der Waals surface area contributed by atoms with Gasteiger partial charge in [0, 0.05) is 3.57 Å². The van der Waals surface area contributed by atoms with Crippen molar-refractivity contribution >= 4 is 39.4 Å². The van der Waals surface area contributed by atoms with Gasteiger partial charge in [0.15, 0.2) is 0 Å². The fourth-order valence-electron chi connectivity index (χ4n) is 0.825. The maximum absolute atomic E-state index is 13.1. The van der Waals surface area contributed by atoms with E-state index in [4.69, 9.17) is 16.9 Å². The lowest BCUT2D eigenvalue weighted by atomic mass is 10.1. The Morgan fingerprint density at radius 3 is 2.62 bits per heavy atom. The van der Waals surface area contributed by atoms with Crippen LogP contribution in [0.3, 0.4) is 0 Å². The van der Waals surface area contributed by atoms with Crippen LogP contribution in [0.4, 0.5) is 4.39 Å². The molecular formula is C8H2ClFINO. The van der Waals surface area contributed by atoms with Gasteiger partial charge in [-0.1, -0.05) is 0 Å². The average molecular weight is 309 g/mol. The van der Waals surface area contributed by atoms with E-state index in [2.05, 4.69) is 0 Å². The molecule has 0 aromatic heterocycles. The molecule has 1 aromatic carbocycles. The third-order valence-corrected chi connectivity index (χ3v) is 2.41. The second-order valence-corrected chi connectivity index (χ2v) is 3.71. The normalized spacial score (nSPS) is 9.38. The average Bonchev–Trinajstić information content (AvgIpc) is 2.02. The van der Waals surface area contributed by atoms with E-state index >= 15 is 0 Å². The van der Waals surface area contributed by atoms with E-state index in [0.29, 0.717) is 3.57 Å². The molecule has 0 N–H and O–H groups in total. The maximum atomic E-state index is 13.1. The molecule has 0 spiro atoms. The molecule has 5 heteroatoms. The lowest BCUT2D eigenvalue weighted by Crippen LogP contribution is -1.99. The number of benzene rings is 1. The molecule has 0 fully saturated rings. The van der Waals surface area contributed by atoms with Crippen LogP contribution in [0.1, 0.15) is 15.9 Å². The van der Waals surface area contributed by atoms with E-state index in [-0.39, 0.29) is 11.1 Å². The summed E-state index contributed by atoms with van der Waals surface area (Å²) in [4.78, 5) is 10.7. The van der Waals surface area contributed by atoms with Crippen molar-refractivity contribution in [2.24, 2.45) is 0 Å². The van der Waals surface area contributed by atoms with Crippen molar-refractivity contribution in [2.45, 2.75) is 0 Å². The second kappa shape index (κ2) is 4.03. The third-order valence-electron chi connectivity index (χ3n) is 1.37.